The van der Waals surface area contributed by atoms with Gasteiger partial charge in [0.1, 0.15) is 23.2 Å². The van der Waals surface area contributed by atoms with Crippen molar-refractivity contribution in [3.8, 4) is 17.4 Å². The average Bonchev–Trinajstić information content (AvgIpc) is 3.00. The van der Waals surface area contributed by atoms with Gasteiger partial charge in [0.15, 0.2) is 0 Å². The van der Waals surface area contributed by atoms with Gasteiger partial charge in [-0.05, 0) is 38.5 Å². The Kier molecular flexibility index (Phi) is 5.40. The summed E-state index contributed by atoms with van der Waals surface area (Å²) in [6.45, 7) is 5.26. The molecule has 0 bridgehead atoms. The lowest BCUT2D eigenvalue weighted by atomic mass is 10.0. The minimum atomic E-state index is -1.26. The molecular formula is C19H17N2O4-. The zero-order chi connectivity index (χ0) is 18.6. The number of carbonyl (C=O) groups is 2. The fourth-order valence-corrected chi connectivity index (χ4v) is 2.33. The molecule has 25 heavy (non-hydrogen) atoms. The molecular weight excluding hydrogens is 320 g/mol. The third-order valence-corrected chi connectivity index (χ3v) is 3.52. The highest BCUT2D eigenvalue weighted by atomic mass is 16.4. The predicted molar refractivity (Wildman–Crippen MR) is 90.1 cm³/mol. The van der Waals surface area contributed by atoms with E-state index in [-0.39, 0.29) is 17.2 Å². The van der Waals surface area contributed by atoms with E-state index < -0.39 is 11.9 Å². The summed E-state index contributed by atoms with van der Waals surface area (Å²) >= 11 is 0. The first-order chi connectivity index (χ1) is 11.8. The average molecular weight is 337 g/mol. The van der Waals surface area contributed by atoms with Crippen LogP contribution in [0.5, 0.6) is 0 Å². The highest BCUT2D eigenvalue weighted by molar-refractivity contribution is 6.01. The fourth-order valence-electron chi connectivity index (χ4n) is 2.33. The van der Waals surface area contributed by atoms with Crippen molar-refractivity contribution in [2.75, 3.05) is 0 Å². The van der Waals surface area contributed by atoms with Crippen molar-refractivity contribution in [3.05, 3.63) is 52.8 Å². The number of aromatic carboxylic acids is 1. The third-order valence-electron chi connectivity index (χ3n) is 3.52. The molecule has 0 spiro atoms. The molecule has 0 saturated carbocycles. The number of rotatable bonds is 5. The number of carbonyl (C=O) groups excluding carboxylic acids is 2. The van der Waals surface area contributed by atoms with Crippen LogP contribution in [0.3, 0.4) is 0 Å². The van der Waals surface area contributed by atoms with Crippen LogP contribution in [0.15, 0.2) is 40.3 Å². The first kappa shape index (κ1) is 18.0. The summed E-state index contributed by atoms with van der Waals surface area (Å²) in [5.74, 6) is -0.981. The summed E-state index contributed by atoms with van der Waals surface area (Å²) in [4.78, 5) is 23.0. The van der Waals surface area contributed by atoms with Gasteiger partial charge < -0.3 is 19.6 Å². The minimum absolute atomic E-state index is 0.0743. The van der Waals surface area contributed by atoms with Crippen molar-refractivity contribution in [3.63, 3.8) is 0 Å². The Morgan fingerprint density at radius 1 is 1.28 bits per heavy atom. The number of nitrogens with one attached hydrogen (secondary N) is 1. The molecule has 0 aliphatic rings. The number of carboxylic acid groups (broad SMARTS) is 1. The Hall–Kier alpha value is -3.33. The van der Waals surface area contributed by atoms with Gasteiger partial charge in [-0.3, -0.25) is 4.79 Å². The Morgan fingerprint density at radius 3 is 2.60 bits per heavy atom. The SMILES string of the molecule is Cc1c(C(=O)[O-])cccc1-c1ccc(/C=C(\C#N)C(=O)NC(C)C)o1. The van der Waals surface area contributed by atoms with E-state index in [0.717, 1.165) is 0 Å². The van der Waals surface area contributed by atoms with E-state index in [0.29, 0.717) is 22.6 Å². The highest BCUT2D eigenvalue weighted by Gasteiger charge is 2.13. The maximum absolute atomic E-state index is 11.9. The Morgan fingerprint density at radius 2 is 2.00 bits per heavy atom. The topological polar surface area (TPSA) is 106 Å². The Labute approximate surface area is 145 Å². The molecule has 1 N–H and O–H groups in total. The van der Waals surface area contributed by atoms with Gasteiger partial charge in [0, 0.05) is 23.2 Å². The molecule has 1 aromatic heterocycles. The summed E-state index contributed by atoms with van der Waals surface area (Å²) in [6.07, 6.45) is 1.35. The molecule has 1 heterocycles. The quantitative estimate of drug-likeness (QED) is 0.664. The van der Waals surface area contributed by atoms with Gasteiger partial charge in [-0.15, -0.1) is 0 Å². The second-order valence-electron chi connectivity index (χ2n) is 5.77. The molecule has 0 radical (unpaired) electrons. The largest absolute Gasteiger partial charge is 0.545 e. The number of amides is 1. The van der Waals surface area contributed by atoms with Crippen LogP contribution in [0.25, 0.3) is 17.4 Å². The number of nitrogens with zero attached hydrogens (tertiary/aromatic N) is 1. The smallest absolute Gasteiger partial charge is 0.262 e. The minimum Gasteiger partial charge on any atom is -0.545 e. The van der Waals surface area contributed by atoms with Gasteiger partial charge in [-0.25, -0.2) is 0 Å². The standard InChI is InChI=1S/C19H18N2O4/c1-11(2)21-18(22)13(10-20)9-14-7-8-17(25-14)15-5-4-6-16(12(15)3)19(23)24/h4-9,11H,1-3H3,(H,21,22)(H,23,24)/p-1/b13-9+. The van der Waals surface area contributed by atoms with E-state index in [1.165, 1.54) is 12.1 Å². The molecule has 6 nitrogen and oxygen atoms in total. The van der Waals surface area contributed by atoms with Gasteiger partial charge in [-0.2, -0.15) is 5.26 Å². The summed E-state index contributed by atoms with van der Waals surface area (Å²) in [5.41, 5.74) is 1.13. The van der Waals surface area contributed by atoms with E-state index in [2.05, 4.69) is 5.32 Å². The summed E-state index contributed by atoms with van der Waals surface area (Å²) in [6, 6.07) is 9.81. The molecule has 0 saturated heterocycles. The van der Waals surface area contributed by atoms with Gasteiger partial charge in [-0.1, -0.05) is 18.2 Å². The maximum Gasteiger partial charge on any atom is 0.262 e. The molecule has 6 heteroatoms. The molecule has 2 rings (SSSR count). The number of benzene rings is 1. The van der Waals surface area contributed by atoms with Crippen molar-refractivity contribution >= 4 is 18.0 Å². The van der Waals surface area contributed by atoms with Crippen molar-refractivity contribution in [2.24, 2.45) is 0 Å². The van der Waals surface area contributed by atoms with E-state index >= 15 is 0 Å². The molecule has 128 valence electrons. The predicted octanol–water partition coefficient (Wildman–Crippen LogP) is 2.05. The van der Waals surface area contributed by atoms with Crippen LogP contribution in [-0.4, -0.2) is 17.9 Å². The van der Waals surface area contributed by atoms with Crippen molar-refractivity contribution in [2.45, 2.75) is 26.8 Å². The molecule has 0 unspecified atom stereocenters. The van der Waals surface area contributed by atoms with E-state index in [4.69, 9.17) is 9.68 Å². The Balaban J connectivity index is 2.36. The second-order valence-corrected chi connectivity index (χ2v) is 5.77. The summed E-state index contributed by atoms with van der Waals surface area (Å²) < 4.78 is 5.65. The number of nitriles is 1. The van der Waals surface area contributed by atoms with Gasteiger partial charge in [0.25, 0.3) is 5.91 Å². The van der Waals surface area contributed by atoms with Gasteiger partial charge in [0.2, 0.25) is 0 Å². The normalized spacial score (nSPS) is 11.2. The number of carboxylic acids is 1. The highest BCUT2D eigenvalue weighted by Crippen LogP contribution is 2.28. The maximum atomic E-state index is 11.9. The van der Waals surface area contributed by atoms with E-state index in [1.54, 1.807) is 45.0 Å². The van der Waals surface area contributed by atoms with Crippen LogP contribution >= 0.6 is 0 Å². The Bertz CT molecular complexity index is 885. The first-order valence-electron chi connectivity index (χ1n) is 7.67. The van der Waals surface area contributed by atoms with Crippen LogP contribution < -0.4 is 10.4 Å². The van der Waals surface area contributed by atoms with Gasteiger partial charge in [0.05, 0.1) is 5.97 Å². The van der Waals surface area contributed by atoms with Crippen LogP contribution in [0.1, 0.15) is 35.5 Å². The molecule has 0 aliphatic carbocycles. The van der Waals surface area contributed by atoms with E-state index in [1.807, 2.05) is 6.07 Å². The lowest BCUT2D eigenvalue weighted by molar-refractivity contribution is -0.255. The molecule has 1 aromatic carbocycles. The summed E-state index contributed by atoms with van der Waals surface area (Å²) in [5, 5.41) is 22.9. The zero-order valence-corrected chi connectivity index (χ0v) is 14.1. The lowest BCUT2D eigenvalue weighted by Gasteiger charge is -2.10. The van der Waals surface area contributed by atoms with E-state index in [9.17, 15) is 14.7 Å². The zero-order valence-electron chi connectivity index (χ0n) is 14.1. The van der Waals surface area contributed by atoms with Crippen LogP contribution in [0, 0.1) is 18.3 Å². The van der Waals surface area contributed by atoms with Crippen molar-refractivity contribution in [1.82, 2.24) is 5.32 Å². The molecule has 1 amide bonds. The fraction of sp³-hybridized carbons (Fsp3) is 0.211. The second kappa shape index (κ2) is 7.49. The van der Waals surface area contributed by atoms with Crippen LogP contribution in [0.2, 0.25) is 0 Å². The molecule has 0 atom stereocenters. The number of hydrogen-bond donors (Lipinski definition) is 1. The monoisotopic (exact) mass is 337 g/mol. The van der Waals surface area contributed by atoms with Crippen molar-refractivity contribution < 1.29 is 19.1 Å². The molecule has 2 aromatic rings. The molecule has 0 fully saturated rings. The van der Waals surface area contributed by atoms with Gasteiger partial charge >= 0.3 is 0 Å². The third kappa shape index (κ3) is 4.15. The molecule has 0 aliphatic heterocycles. The van der Waals surface area contributed by atoms with Crippen molar-refractivity contribution in [1.29, 1.82) is 5.26 Å². The first-order valence-corrected chi connectivity index (χ1v) is 7.67. The lowest BCUT2D eigenvalue weighted by Crippen LogP contribution is -2.30. The number of furan rings is 1. The number of hydrogen-bond acceptors (Lipinski definition) is 5. The van der Waals surface area contributed by atoms with Crippen LogP contribution in [0.4, 0.5) is 0 Å². The summed E-state index contributed by atoms with van der Waals surface area (Å²) in [7, 11) is 0. The van der Waals surface area contributed by atoms with Crippen LogP contribution in [-0.2, 0) is 4.79 Å².